The standard InChI is InChI=1S/C14H14N2O/c1-9-4-5-10(2)12(8-9)14(17)13-6-7-15-11(3)16-13/h4-8H,1-3H3. The van der Waals surface area contributed by atoms with Gasteiger partial charge in [0.2, 0.25) is 5.78 Å². The van der Waals surface area contributed by atoms with Gasteiger partial charge in [-0.2, -0.15) is 0 Å². The molecule has 17 heavy (non-hydrogen) atoms. The van der Waals surface area contributed by atoms with E-state index >= 15 is 0 Å². The Morgan fingerprint density at radius 1 is 1.12 bits per heavy atom. The first-order chi connectivity index (χ1) is 8.08. The highest BCUT2D eigenvalue weighted by Crippen LogP contribution is 2.14. The van der Waals surface area contributed by atoms with E-state index < -0.39 is 0 Å². The van der Waals surface area contributed by atoms with Gasteiger partial charge >= 0.3 is 0 Å². The number of rotatable bonds is 2. The maximum absolute atomic E-state index is 12.3. The molecule has 0 N–H and O–H groups in total. The van der Waals surface area contributed by atoms with Crippen LogP contribution >= 0.6 is 0 Å². The number of benzene rings is 1. The van der Waals surface area contributed by atoms with Crippen LogP contribution < -0.4 is 0 Å². The number of carbonyl (C=O) groups is 1. The Balaban J connectivity index is 2.47. The Labute approximate surface area is 101 Å². The van der Waals surface area contributed by atoms with Crippen molar-refractivity contribution in [2.24, 2.45) is 0 Å². The van der Waals surface area contributed by atoms with Crippen LogP contribution in [0.2, 0.25) is 0 Å². The van der Waals surface area contributed by atoms with Gasteiger partial charge in [0.1, 0.15) is 11.5 Å². The van der Waals surface area contributed by atoms with Crippen LogP contribution in [0.15, 0.2) is 30.5 Å². The van der Waals surface area contributed by atoms with Crippen LogP contribution in [0.25, 0.3) is 0 Å². The maximum atomic E-state index is 12.3. The molecule has 0 radical (unpaired) electrons. The predicted octanol–water partition coefficient (Wildman–Crippen LogP) is 2.63. The first-order valence-electron chi connectivity index (χ1n) is 5.49. The highest BCUT2D eigenvalue weighted by Gasteiger charge is 2.13. The lowest BCUT2D eigenvalue weighted by Gasteiger charge is -2.05. The molecule has 2 aromatic rings. The third-order valence-corrected chi connectivity index (χ3v) is 2.65. The molecule has 1 aromatic carbocycles. The smallest absolute Gasteiger partial charge is 0.211 e. The normalized spacial score (nSPS) is 10.3. The van der Waals surface area contributed by atoms with Crippen molar-refractivity contribution in [1.82, 2.24) is 9.97 Å². The van der Waals surface area contributed by atoms with Crippen molar-refractivity contribution in [1.29, 1.82) is 0 Å². The van der Waals surface area contributed by atoms with E-state index in [2.05, 4.69) is 9.97 Å². The second-order valence-electron chi connectivity index (χ2n) is 4.14. The zero-order valence-corrected chi connectivity index (χ0v) is 10.2. The van der Waals surface area contributed by atoms with E-state index in [1.807, 2.05) is 32.0 Å². The molecule has 3 heteroatoms. The van der Waals surface area contributed by atoms with Gasteiger partial charge in [0.15, 0.2) is 0 Å². The largest absolute Gasteiger partial charge is 0.287 e. The minimum atomic E-state index is -0.0447. The summed E-state index contributed by atoms with van der Waals surface area (Å²) in [5, 5.41) is 0. The van der Waals surface area contributed by atoms with E-state index in [1.165, 1.54) is 0 Å². The highest BCUT2D eigenvalue weighted by molar-refractivity contribution is 6.08. The fourth-order valence-electron chi connectivity index (χ4n) is 1.70. The zero-order chi connectivity index (χ0) is 12.4. The van der Waals surface area contributed by atoms with Crippen molar-refractivity contribution in [2.75, 3.05) is 0 Å². The van der Waals surface area contributed by atoms with Crippen LogP contribution in [0.5, 0.6) is 0 Å². The molecule has 1 aromatic heterocycles. The van der Waals surface area contributed by atoms with Crippen molar-refractivity contribution in [3.05, 3.63) is 58.7 Å². The second-order valence-corrected chi connectivity index (χ2v) is 4.14. The van der Waals surface area contributed by atoms with Crippen molar-refractivity contribution in [3.63, 3.8) is 0 Å². The Bertz CT molecular complexity index is 576. The molecule has 0 aliphatic carbocycles. The number of carbonyl (C=O) groups excluding carboxylic acids is 1. The lowest BCUT2D eigenvalue weighted by molar-refractivity contribution is 0.103. The summed E-state index contributed by atoms with van der Waals surface area (Å²) in [5.74, 6) is 0.567. The summed E-state index contributed by atoms with van der Waals surface area (Å²) in [5.41, 5.74) is 3.20. The summed E-state index contributed by atoms with van der Waals surface area (Å²) in [7, 11) is 0. The van der Waals surface area contributed by atoms with Crippen molar-refractivity contribution >= 4 is 5.78 Å². The minimum Gasteiger partial charge on any atom is -0.287 e. The monoisotopic (exact) mass is 226 g/mol. The molecular weight excluding hydrogens is 212 g/mol. The lowest BCUT2D eigenvalue weighted by atomic mass is 10.0. The van der Waals surface area contributed by atoms with Gasteiger partial charge in [-0.1, -0.05) is 17.7 Å². The second kappa shape index (κ2) is 4.45. The van der Waals surface area contributed by atoms with Gasteiger partial charge in [-0.15, -0.1) is 0 Å². The SMILES string of the molecule is Cc1ccc(C)c(C(=O)c2ccnc(C)n2)c1. The van der Waals surface area contributed by atoms with Gasteiger partial charge in [0, 0.05) is 11.8 Å². The Morgan fingerprint density at radius 2 is 1.88 bits per heavy atom. The fourth-order valence-corrected chi connectivity index (χ4v) is 1.70. The summed E-state index contributed by atoms with van der Waals surface area (Å²) >= 11 is 0. The lowest BCUT2D eigenvalue weighted by Crippen LogP contribution is -2.07. The highest BCUT2D eigenvalue weighted by atomic mass is 16.1. The quantitative estimate of drug-likeness (QED) is 0.739. The van der Waals surface area contributed by atoms with Crippen LogP contribution in [-0.4, -0.2) is 15.8 Å². The number of hydrogen-bond donors (Lipinski definition) is 0. The Hall–Kier alpha value is -2.03. The first-order valence-corrected chi connectivity index (χ1v) is 5.49. The van der Waals surface area contributed by atoms with E-state index in [9.17, 15) is 4.79 Å². The summed E-state index contributed by atoms with van der Waals surface area (Å²) in [4.78, 5) is 20.4. The van der Waals surface area contributed by atoms with Gasteiger partial charge in [0.05, 0.1) is 0 Å². The van der Waals surface area contributed by atoms with Crippen LogP contribution in [0, 0.1) is 20.8 Å². The van der Waals surface area contributed by atoms with E-state index in [0.717, 1.165) is 11.1 Å². The Kier molecular flexibility index (Phi) is 3.00. The fraction of sp³-hybridized carbons (Fsp3) is 0.214. The van der Waals surface area contributed by atoms with Gasteiger partial charge in [-0.05, 0) is 38.5 Å². The van der Waals surface area contributed by atoms with Crippen LogP contribution in [0.4, 0.5) is 0 Å². The van der Waals surface area contributed by atoms with Gasteiger partial charge < -0.3 is 0 Å². The molecule has 0 bridgehead atoms. The van der Waals surface area contributed by atoms with E-state index in [0.29, 0.717) is 17.1 Å². The van der Waals surface area contributed by atoms with Crippen molar-refractivity contribution < 1.29 is 4.79 Å². The molecule has 86 valence electrons. The van der Waals surface area contributed by atoms with Gasteiger partial charge in [0.25, 0.3) is 0 Å². The topological polar surface area (TPSA) is 42.9 Å². The van der Waals surface area contributed by atoms with Gasteiger partial charge in [-0.3, -0.25) is 4.79 Å². The van der Waals surface area contributed by atoms with Gasteiger partial charge in [-0.25, -0.2) is 9.97 Å². The van der Waals surface area contributed by atoms with Crippen LogP contribution in [-0.2, 0) is 0 Å². The summed E-state index contributed by atoms with van der Waals surface area (Å²) < 4.78 is 0. The van der Waals surface area contributed by atoms with E-state index in [4.69, 9.17) is 0 Å². The van der Waals surface area contributed by atoms with E-state index in [-0.39, 0.29) is 5.78 Å². The molecule has 0 aliphatic heterocycles. The molecule has 0 atom stereocenters. The number of hydrogen-bond acceptors (Lipinski definition) is 3. The average Bonchev–Trinajstić information content (AvgIpc) is 2.31. The van der Waals surface area contributed by atoms with Crippen LogP contribution in [0.1, 0.15) is 33.0 Å². The Morgan fingerprint density at radius 3 is 2.59 bits per heavy atom. The third kappa shape index (κ3) is 2.38. The number of ketones is 1. The predicted molar refractivity (Wildman–Crippen MR) is 66.1 cm³/mol. The molecular formula is C14H14N2O. The molecule has 0 aliphatic rings. The number of aromatic nitrogens is 2. The van der Waals surface area contributed by atoms with Crippen LogP contribution in [0.3, 0.4) is 0 Å². The molecule has 0 fully saturated rings. The molecule has 3 nitrogen and oxygen atoms in total. The summed E-state index contributed by atoms with van der Waals surface area (Å²) in [6.45, 7) is 5.68. The average molecular weight is 226 g/mol. The molecule has 2 rings (SSSR count). The third-order valence-electron chi connectivity index (χ3n) is 2.65. The molecule has 0 amide bonds. The minimum absolute atomic E-state index is 0.0447. The van der Waals surface area contributed by atoms with Crippen molar-refractivity contribution in [2.45, 2.75) is 20.8 Å². The summed E-state index contributed by atoms with van der Waals surface area (Å²) in [6, 6.07) is 7.50. The number of aryl methyl sites for hydroxylation is 3. The zero-order valence-electron chi connectivity index (χ0n) is 10.2. The first kappa shape index (κ1) is 11.5. The maximum Gasteiger partial charge on any atom is 0.211 e. The molecule has 0 unspecified atom stereocenters. The number of nitrogens with zero attached hydrogens (tertiary/aromatic N) is 2. The molecule has 0 spiro atoms. The van der Waals surface area contributed by atoms with E-state index in [1.54, 1.807) is 19.2 Å². The molecule has 0 saturated carbocycles. The molecule has 0 saturated heterocycles. The molecule has 1 heterocycles. The summed E-state index contributed by atoms with van der Waals surface area (Å²) in [6.07, 6.45) is 1.61. The van der Waals surface area contributed by atoms with Crippen molar-refractivity contribution in [3.8, 4) is 0 Å².